The van der Waals surface area contributed by atoms with Crippen LogP contribution in [0.4, 0.5) is 26.7 Å². The fourth-order valence-corrected chi connectivity index (χ4v) is 1.02. The third kappa shape index (κ3) is 3.33. The van der Waals surface area contributed by atoms with Crippen LogP contribution >= 0.6 is 0 Å². The molecule has 8 heteroatoms. The molecule has 0 saturated heterocycles. The predicted molar refractivity (Wildman–Crippen MR) is 53.0 cm³/mol. The maximum Gasteiger partial charge on any atom is 0.514 e. The predicted octanol–water partition coefficient (Wildman–Crippen LogP) is 3.55. The minimum absolute atomic E-state index is 0.0936. The minimum atomic E-state index is -2.34. The molecule has 19 heavy (non-hydrogen) atoms. The number of hydrogen-bond acceptors (Lipinski definition) is 3. The first kappa shape index (κ1) is 15.2. The van der Waals surface area contributed by atoms with Crippen LogP contribution in [0.3, 0.4) is 0 Å². The Morgan fingerprint density at radius 3 is 1.79 bits per heavy atom. The molecule has 0 aliphatic heterocycles. The normalized spacial score (nSPS) is 10.7. The Morgan fingerprint density at radius 2 is 1.37 bits per heavy atom. The van der Waals surface area contributed by atoms with E-state index in [-0.39, 0.29) is 12.5 Å². The molecule has 0 saturated carbocycles. The van der Waals surface area contributed by atoms with Crippen molar-refractivity contribution < 1.29 is 36.2 Å². The van der Waals surface area contributed by atoms with Gasteiger partial charge >= 0.3 is 6.16 Å². The van der Waals surface area contributed by atoms with Crippen molar-refractivity contribution in [2.45, 2.75) is 13.8 Å². The summed E-state index contributed by atoms with van der Waals surface area (Å²) in [6.45, 7) is 3.21. The average Bonchev–Trinajstić information content (AvgIpc) is 2.36. The first-order chi connectivity index (χ1) is 8.75. The first-order valence-corrected chi connectivity index (χ1v) is 5.11. The van der Waals surface area contributed by atoms with E-state index in [2.05, 4.69) is 9.47 Å². The minimum Gasteiger partial charge on any atom is -0.434 e. The zero-order valence-corrected chi connectivity index (χ0v) is 9.90. The summed E-state index contributed by atoms with van der Waals surface area (Å²) >= 11 is 0. The van der Waals surface area contributed by atoms with Crippen LogP contribution in [-0.2, 0) is 4.74 Å². The van der Waals surface area contributed by atoms with Crippen LogP contribution in [0.1, 0.15) is 13.8 Å². The fraction of sp³-hybridized carbons (Fsp3) is 0.364. The van der Waals surface area contributed by atoms with Gasteiger partial charge < -0.3 is 9.47 Å². The van der Waals surface area contributed by atoms with Gasteiger partial charge in [-0.15, -0.1) is 0 Å². The molecule has 0 amide bonds. The standard InChI is InChI=1S/C11H9F5O3/c1-4(2)3-18-11(17)19-10-8(15)6(13)5(12)7(14)9(10)16/h4H,3H2,1-2H3. The average molecular weight is 284 g/mol. The topological polar surface area (TPSA) is 35.5 Å². The van der Waals surface area contributed by atoms with Crippen LogP contribution in [0.2, 0.25) is 0 Å². The summed E-state index contributed by atoms with van der Waals surface area (Å²) < 4.78 is 72.8. The van der Waals surface area contributed by atoms with Crippen molar-refractivity contribution in [3.05, 3.63) is 29.1 Å². The lowest BCUT2D eigenvalue weighted by molar-refractivity contribution is 0.0848. The molecule has 0 aliphatic rings. The van der Waals surface area contributed by atoms with Crippen molar-refractivity contribution >= 4 is 6.16 Å². The highest BCUT2D eigenvalue weighted by Crippen LogP contribution is 2.29. The summed E-state index contributed by atoms with van der Waals surface area (Å²) in [7, 11) is 0. The third-order valence-electron chi connectivity index (χ3n) is 1.89. The lowest BCUT2D eigenvalue weighted by Gasteiger charge is -2.10. The number of carbonyl (C=O) groups is 1. The molecule has 0 atom stereocenters. The molecule has 0 radical (unpaired) electrons. The van der Waals surface area contributed by atoms with Gasteiger partial charge in [0.1, 0.15) is 0 Å². The Labute approximate surface area is 104 Å². The molecule has 0 spiro atoms. The van der Waals surface area contributed by atoms with E-state index in [1.807, 2.05) is 0 Å². The van der Waals surface area contributed by atoms with Crippen molar-refractivity contribution in [2.24, 2.45) is 5.92 Å². The van der Waals surface area contributed by atoms with Gasteiger partial charge in [0, 0.05) is 0 Å². The first-order valence-electron chi connectivity index (χ1n) is 5.11. The van der Waals surface area contributed by atoms with E-state index in [0.717, 1.165) is 0 Å². The van der Waals surface area contributed by atoms with Gasteiger partial charge in [0.15, 0.2) is 0 Å². The van der Waals surface area contributed by atoms with Gasteiger partial charge in [-0.2, -0.15) is 8.78 Å². The molecule has 0 unspecified atom stereocenters. The number of halogens is 5. The lowest BCUT2D eigenvalue weighted by atomic mass is 10.2. The van der Waals surface area contributed by atoms with Crippen LogP contribution in [0.15, 0.2) is 0 Å². The molecular weight excluding hydrogens is 275 g/mol. The molecule has 0 aliphatic carbocycles. The molecule has 1 aromatic rings. The smallest absolute Gasteiger partial charge is 0.434 e. The maximum atomic E-state index is 13.1. The summed E-state index contributed by atoms with van der Waals surface area (Å²) in [4.78, 5) is 11.0. The van der Waals surface area contributed by atoms with E-state index < -0.39 is 41.0 Å². The van der Waals surface area contributed by atoms with E-state index in [4.69, 9.17) is 0 Å². The largest absolute Gasteiger partial charge is 0.514 e. The van der Waals surface area contributed by atoms with E-state index in [1.54, 1.807) is 13.8 Å². The zero-order valence-electron chi connectivity index (χ0n) is 9.90. The van der Waals surface area contributed by atoms with Crippen LogP contribution in [-0.4, -0.2) is 12.8 Å². The quantitative estimate of drug-likeness (QED) is 0.280. The number of ether oxygens (including phenoxy) is 2. The molecule has 106 valence electrons. The second-order valence-electron chi connectivity index (χ2n) is 3.96. The lowest BCUT2D eigenvalue weighted by Crippen LogP contribution is -2.17. The second-order valence-corrected chi connectivity index (χ2v) is 3.96. The number of carbonyl (C=O) groups excluding carboxylic acids is 1. The van der Waals surface area contributed by atoms with Crippen LogP contribution in [0.5, 0.6) is 5.75 Å². The highest BCUT2D eigenvalue weighted by atomic mass is 19.2. The van der Waals surface area contributed by atoms with E-state index in [9.17, 15) is 26.7 Å². The maximum absolute atomic E-state index is 13.1. The molecule has 1 aromatic carbocycles. The Hall–Kier alpha value is -1.86. The SMILES string of the molecule is CC(C)COC(=O)Oc1c(F)c(F)c(F)c(F)c1F. The van der Waals surface area contributed by atoms with Gasteiger partial charge in [0.25, 0.3) is 0 Å². The number of rotatable bonds is 3. The van der Waals surface area contributed by atoms with Crippen molar-refractivity contribution in [2.75, 3.05) is 6.61 Å². The summed E-state index contributed by atoms with van der Waals surface area (Å²) in [5, 5.41) is 0. The number of benzene rings is 1. The van der Waals surface area contributed by atoms with Crippen LogP contribution < -0.4 is 4.74 Å². The molecule has 3 nitrogen and oxygen atoms in total. The Balaban J connectivity index is 2.99. The van der Waals surface area contributed by atoms with Crippen molar-refractivity contribution in [3.8, 4) is 5.75 Å². The monoisotopic (exact) mass is 284 g/mol. The Morgan fingerprint density at radius 1 is 0.947 bits per heavy atom. The fourth-order valence-electron chi connectivity index (χ4n) is 1.02. The summed E-state index contributed by atoms with van der Waals surface area (Å²) in [6, 6.07) is 0. The molecule has 0 fully saturated rings. The van der Waals surface area contributed by atoms with Gasteiger partial charge in [-0.3, -0.25) is 0 Å². The van der Waals surface area contributed by atoms with Crippen molar-refractivity contribution in [1.82, 2.24) is 0 Å². The molecule has 1 rings (SSSR count). The molecule has 0 bridgehead atoms. The van der Waals surface area contributed by atoms with E-state index in [1.165, 1.54) is 0 Å². The van der Waals surface area contributed by atoms with Crippen LogP contribution in [0, 0.1) is 35.0 Å². The summed E-state index contributed by atoms with van der Waals surface area (Å²) in [6.07, 6.45) is -1.56. The van der Waals surface area contributed by atoms with Gasteiger partial charge in [-0.25, -0.2) is 18.0 Å². The Bertz CT molecular complexity index is 473. The molecule has 0 aromatic heterocycles. The van der Waals surface area contributed by atoms with E-state index >= 15 is 0 Å². The van der Waals surface area contributed by atoms with Gasteiger partial charge in [-0.05, 0) is 5.92 Å². The zero-order chi connectivity index (χ0) is 14.7. The second kappa shape index (κ2) is 5.85. The Kier molecular flexibility index (Phi) is 4.68. The highest BCUT2D eigenvalue weighted by molar-refractivity contribution is 5.64. The van der Waals surface area contributed by atoms with Crippen molar-refractivity contribution in [1.29, 1.82) is 0 Å². The van der Waals surface area contributed by atoms with Gasteiger partial charge in [0.05, 0.1) is 6.61 Å². The van der Waals surface area contributed by atoms with Gasteiger partial charge in [0.2, 0.25) is 34.8 Å². The molecular formula is C11H9F5O3. The van der Waals surface area contributed by atoms with E-state index in [0.29, 0.717) is 0 Å². The summed E-state index contributed by atoms with van der Waals surface area (Å²) in [5.41, 5.74) is 0. The summed E-state index contributed by atoms with van der Waals surface area (Å²) in [5.74, 6) is -13.0. The van der Waals surface area contributed by atoms with Gasteiger partial charge in [-0.1, -0.05) is 13.8 Å². The third-order valence-corrected chi connectivity index (χ3v) is 1.89. The molecule has 0 N–H and O–H groups in total. The van der Waals surface area contributed by atoms with Crippen LogP contribution in [0.25, 0.3) is 0 Å². The molecule has 0 heterocycles. The highest BCUT2D eigenvalue weighted by Gasteiger charge is 2.28. The number of hydrogen-bond donors (Lipinski definition) is 0. The van der Waals surface area contributed by atoms with Crippen molar-refractivity contribution in [3.63, 3.8) is 0 Å².